The van der Waals surface area contributed by atoms with Crippen molar-refractivity contribution in [2.75, 3.05) is 0 Å². The molecular formula is C17H16FN3O2. The summed E-state index contributed by atoms with van der Waals surface area (Å²) in [4.78, 5) is 0. The number of rotatable bonds is 5. The van der Waals surface area contributed by atoms with E-state index in [1.165, 1.54) is 16.8 Å². The van der Waals surface area contributed by atoms with E-state index in [1.54, 1.807) is 12.1 Å². The second-order valence-electron chi connectivity index (χ2n) is 5.13. The minimum absolute atomic E-state index is 0.169. The zero-order chi connectivity index (χ0) is 16.2. The van der Waals surface area contributed by atoms with Crippen molar-refractivity contribution in [3.8, 4) is 11.4 Å². The maximum atomic E-state index is 13.4. The molecule has 0 saturated carbocycles. The van der Waals surface area contributed by atoms with Gasteiger partial charge in [-0.05, 0) is 37.3 Å². The van der Waals surface area contributed by atoms with E-state index in [0.717, 1.165) is 5.56 Å². The van der Waals surface area contributed by atoms with Crippen LogP contribution >= 0.6 is 0 Å². The van der Waals surface area contributed by atoms with Gasteiger partial charge in [0.05, 0.1) is 12.3 Å². The van der Waals surface area contributed by atoms with E-state index in [9.17, 15) is 9.50 Å². The van der Waals surface area contributed by atoms with Gasteiger partial charge in [-0.3, -0.25) is 0 Å². The Bertz CT molecular complexity index is 800. The van der Waals surface area contributed by atoms with Gasteiger partial charge in [-0.15, -0.1) is 5.10 Å². The molecule has 0 atom stereocenters. The van der Waals surface area contributed by atoms with Crippen molar-refractivity contribution in [3.05, 3.63) is 71.3 Å². The van der Waals surface area contributed by atoms with Crippen LogP contribution in [0.3, 0.4) is 0 Å². The number of nitrogens with zero attached hydrogens (tertiary/aromatic N) is 3. The Kier molecular flexibility index (Phi) is 4.34. The number of aromatic nitrogens is 3. The van der Waals surface area contributed by atoms with Gasteiger partial charge in [0.25, 0.3) is 0 Å². The van der Waals surface area contributed by atoms with E-state index in [4.69, 9.17) is 4.74 Å². The van der Waals surface area contributed by atoms with Gasteiger partial charge in [0, 0.05) is 0 Å². The number of aliphatic hydroxyl groups excluding tert-OH is 1. The molecule has 2 aromatic carbocycles. The van der Waals surface area contributed by atoms with Gasteiger partial charge in [-0.2, -0.15) is 0 Å². The highest BCUT2D eigenvalue weighted by Crippen LogP contribution is 2.18. The summed E-state index contributed by atoms with van der Waals surface area (Å²) >= 11 is 0. The number of aryl methyl sites for hydroxylation is 1. The molecule has 0 saturated heterocycles. The molecule has 0 fully saturated rings. The molecule has 5 nitrogen and oxygen atoms in total. The third-order valence-corrected chi connectivity index (χ3v) is 3.44. The number of halogens is 1. The van der Waals surface area contributed by atoms with Gasteiger partial charge in [-0.25, -0.2) is 9.07 Å². The van der Waals surface area contributed by atoms with Crippen molar-refractivity contribution in [2.24, 2.45) is 0 Å². The van der Waals surface area contributed by atoms with E-state index in [-0.39, 0.29) is 19.0 Å². The van der Waals surface area contributed by atoms with E-state index in [1.807, 2.05) is 31.2 Å². The summed E-state index contributed by atoms with van der Waals surface area (Å²) < 4.78 is 20.6. The lowest BCUT2D eigenvalue weighted by atomic mass is 10.2. The molecule has 0 aliphatic carbocycles. The number of ether oxygens (including phenoxy) is 1. The standard InChI is InChI=1S/C17H16FN3O2/c1-12-5-7-15(8-6-12)23-11-17-16(10-22)19-20-21(17)14-4-2-3-13(18)9-14/h2-9,22H,10-11H2,1H3. The van der Waals surface area contributed by atoms with Crippen molar-refractivity contribution in [1.82, 2.24) is 15.0 Å². The van der Waals surface area contributed by atoms with Crippen molar-refractivity contribution in [1.29, 1.82) is 0 Å². The largest absolute Gasteiger partial charge is 0.487 e. The van der Waals surface area contributed by atoms with Crippen LogP contribution in [0.25, 0.3) is 5.69 Å². The molecule has 23 heavy (non-hydrogen) atoms. The van der Waals surface area contributed by atoms with Crippen LogP contribution in [0.4, 0.5) is 4.39 Å². The Morgan fingerprint density at radius 1 is 1.17 bits per heavy atom. The minimum Gasteiger partial charge on any atom is -0.487 e. The van der Waals surface area contributed by atoms with Gasteiger partial charge in [0.15, 0.2) is 0 Å². The van der Waals surface area contributed by atoms with Gasteiger partial charge in [0.1, 0.15) is 29.6 Å². The van der Waals surface area contributed by atoms with Crippen LogP contribution in [0.1, 0.15) is 17.0 Å². The molecular weight excluding hydrogens is 297 g/mol. The highest BCUT2D eigenvalue weighted by atomic mass is 19.1. The molecule has 0 spiro atoms. The Labute approximate surface area is 133 Å². The molecule has 0 aliphatic rings. The summed E-state index contributed by atoms with van der Waals surface area (Å²) in [6.45, 7) is 1.90. The molecule has 0 aliphatic heterocycles. The zero-order valence-corrected chi connectivity index (χ0v) is 12.6. The summed E-state index contributed by atoms with van der Waals surface area (Å²) in [7, 11) is 0. The lowest BCUT2D eigenvalue weighted by Crippen LogP contribution is -2.08. The molecule has 118 valence electrons. The molecule has 0 radical (unpaired) electrons. The fourth-order valence-corrected chi connectivity index (χ4v) is 2.20. The van der Waals surface area contributed by atoms with Gasteiger partial charge in [-0.1, -0.05) is 29.0 Å². The predicted octanol–water partition coefficient (Wildman–Crippen LogP) is 2.79. The third-order valence-electron chi connectivity index (χ3n) is 3.44. The average molecular weight is 313 g/mol. The van der Waals surface area contributed by atoms with E-state index in [2.05, 4.69) is 10.3 Å². The summed E-state index contributed by atoms with van der Waals surface area (Å²) in [6, 6.07) is 13.6. The first-order chi connectivity index (χ1) is 11.2. The van der Waals surface area contributed by atoms with Crippen LogP contribution < -0.4 is 4.74 Å². The van der Waals surface area contributed by atoms with E-state index in [0.29, 0.717) is 22.8 Å². The van der Waals surface area contributed by atoms with E-state index < -0.39 is 0 Å². The van der Waals surface area contributed by atoms with Crippen LogP contribution in [0, 0.1) is 12.7 Å². The van der Waals surface area contributed by atoms with Crippen LogP contribution in [0.2, 0.25) is 0 Å². The summed E-state index contributed by atoms with van der Waals surface area (Å²) in [6.07, 6.45) is 0. The Morgan fingerprint density at radius 3 is 2.65 bits per heavy atom. The SMILES string of the molecule is Cc1ccc(OCc2c(CO)nnn2-c2cccc(F)c2)cc1. The molecule has 1 heterocycles. The zero-order valence-electron chi connectivity index (χ0n) is 12.6. The van der Waals surface area contributed by atoms with Gasteiger partial charge in [0.2, 0.25) is 0 Å². The highest BCUT2D eigenvalue weighted by molar-refractivity contribution is 5.34. The number of hydrogen-bond donors (Lipinski definition) is 1. The Morgan fingerprint density at radius 2 is 1.96 bits per heavy atom. The lowest BCUT2D eigenvalue weighted by molar-refractivity contribution is 0.263. The molecule has 1 N–H and O–H groups in total. The minimum atomic E-state index is -0.367. The monoisotopic (exact) mass is 313 g/mol. The molecule has 1 aromatic heterocycles. The lowest BCUT2D eigenvalue weighted by Gasteiger charge is -2.10. The number of hydrogen-bond acceptors (Lipinski definition) is 4. The maximum Gasteiger partial charge on any atom is 0.132 e. The molecule has 3 aromatic rings. The summed E-state index contributed by atoms with van der Waals surface area (Å²) in [5, 5.41) is 17.3. The van der Waals surface area contributed by atoms with Crippen molar-refractivity contribution < 1.29 is 14.2 Å². The normalized spacial score (nSPS) is 10.7. The second kappa shape index (κ2) is 6.58. The second-order valence-corrected chi connectivity index (χ2v) is 5.13. The van der Waals surface area contributed by atoms with Crippen LogP contribution in [-0.4, -0.2) is 20.1 Å². The first-order valence-corrected chi connectivity index (χ1v) is 7.17. The van der Waals surface area contributed by atoms with Crippen LogP contribution in [0.15, 0.2) is 48.5 Å². The summed E-state index contributed by atoms with van der Waals surface area (Å²) in [5.74, 6) is 0.334. The van der Waals surface area contributed by atoms with Crippen LogP contribution in [-0.2, 0) is 13.2 Å². The highest BCUT2D eigenvalue weighted by Gasteiger charge is 2.15. The van der Waals surface area contributed by atoms with Crippen molar-refractivity contribution in [3.63, 3.8) is 0 Å². The molecule has 0 amide bonds. The van der Waals surface area contributed by atoms with E-state index >= 15 is 0 Å². The fraction of sp³-hybridized carbons (Fsp3) is 0.176. The molecule has 3 rings (SSSR count). The summed E-state index contributed by atoms with van der Waals surface area (Å²) in [5.41, 5.74) is 2.65. The smallest absolute Gasteiger partial charge is 0.132 e. The predicted molar refractivity (Wildman–Crippen MR) is 82.8 cm³/mol. The Balaban J connectivity index is 1.88. The molecule has 0 bridgehead atoms. The first kappa shape index (κ1) is 15.2. The van der Waals surface area contributed by atoms with Gasteiger partial charge < -0.3 is 9.84 Å². The third kappa shape index (κ3) is 3.37. The Hall–Kier alpha value is -2.73. The number of aliphatic hydroxyl groups is 1. The average Bonchev–Trinajstić information content (AvgIpc) is 2.97. The quantitative estimate of drug-likeness (QED) is 0.787. The van der Waals surface area contributed by atoms with Crippen molar-refractivity contribution in [2.45, 2.75) is 20.1 Å². The topological polar surface area (TPSA) is 60.2 Å². The van der Waals surface area contributed by atoms with Crippen LogP contribution in [0.5, 0.6) is 5.75 Å². The molecule has 6 heteroatoms. The first-order valence-electron chi connectivity index (χ1n) is 7.17. The van der Waals surface area contributed by atoms with Gasteiger partial charge >= 0.3 is 0 Å². The fourth-order valence-electron chi connectivity index (χ4n) is 2.20. The van der Waals surface area contributed by atoms with Crippen molar-refractivity contribution >= 4 is 0 Å². The molecule has 0 unspecified atom stereocenters. The number of benzene rings is 2. The maximum absolute atomic E-state index is 13.4.